The topological polar surface area (TPSA) is 25.2 Å². The lowest BCUT2D eigenvalue weighted by Crippen LogP contribution is -2.33. The van der Waals surface area contributed by atoms with Crippen LogP contribution >= 0.6 is 0 Å². The summed E-state index contributed by atoms with van der Waals surface area (Å²) in [6.07, 6.45) is 5.41. The van der Waals surface area contributed by atoms with Crippen molar-refractivity contribution in [3.8, 4) is 0 Å². The Kier molecular flexibility index (Phi) is 4.27. The summed E-state index contributed by atoms with van der Waals surface area (Å²) in [5.74, 6) is 3.86. The molecule has 2 nitrogen and oxygen atoms in total. The molecular formula is C15H25NO. The standard InChI is InChI=1S/C15H25NO/c1-11(2)13-5-7-14(8-6-13)16-10-15-9-4-12(3)17-15/h4,9,11,13-14,16H,5-8,10H2,1-3H3. The first-order valence-electron chi connectivity index (χ1n) is 6.94. The van der Waals surface area contributed by atoms with Crippen molar-refractivity contribution in [3.63, 3.8) is 0 Å². The van der Waals surface area contributed by atoms with Gasteiger partial charge in [0.1, 0.15) is 11.5 Å². The van der Waals surface area contributed by atoms with Gasteiger partial charge in [-0.1, -0.05) is 13.8 Å². The van der Waals surface area contributed by atoms with E-state index in [4.69, 9.17) is 4.42 Å². The summed E-state index contributed by atoms with van der Waals surface area (Å²) < 4.78 is 5.57. The van der Waals surface area contributed by atoms with Gasteiger partial charge in [0.05, 0.1) is 6.54 Å². The predicted molar refractivity (Wildman–Crippen MR) is 70.9 cm³/mol. The average molecular weight is 235 g/mol. The zero-order valence-corrected chi connectivity index (χ0v) is 11.3. The third kappa shape index (κ3) is 3.60. The fourth-order valence-corrected chi connectivity index (χ4v) is 2.82. The Morgan fingerprint density at radius 1 is 1.24 bits per heavy atom. The largest absolute Gasteiger partial charge is 0.465 e. The maximum Gasteiger partial charge on any atom is 0.117 e. The summed E-state index contributed by atoms with van der Waals surface area (Å²) in [5, 5.41) is 3.62. The highest BCUT2D eigenvalue weighted by Gasteiger charge is 2.22. The first-order valence-corrected chi connectivity index (χ1v) is 6.94. The number of furan rings is 1. The van der Waals surface area contributed by atoms with Crippen LogP contribution in [0, 0.1) is 18.8 Å². The number of nitrogens with one attached hydrogen (secondary N) is 1. The minimum Gasteiger partial charge on any atom is -0.465 e. The molecule has 2 rings (SSSR count). The third-order valence-electron chi connectivity index (χ3n) is 4.08. The van der Waals surface area contributed by atoms with Gasteiger partial charge in [-0.2, -0.15) is 0 Å². The van der Waals surface area contributed by atoms with E-state index in [0.717, 1.165) is 29.9 Å². The Morgan fingerprint density at radius 2 is 1.94 bits per heavy atom. The van der Waals surface area contributed by atoms with E-state index in [1.807, 2.05) is 13.0 Å². The number of hydrogen-bond acceptors (Lipinski definition) is 2. The minimum atomic E-state index is 0.690. The maximum atomic E-state index is 5.57. The van der Waals surface area contributed by atoms with Crippen molar-refractivity contribution in [1.82, 2.24) is 5.32 Å². The van der Waals surface area contributed by atoms with Crippen LogP contribution in [0.4, 0.5) is 0 Å². The Hall–Kier alpha value is -0.760. The SMILES string of the molecule is Cc1ccc(CNC2CCC(C(C)C)CC2)o1. The van der Waals surface area contributed by atoms with Gasteiger partial charge in [-0.05, 0) is 56.6 Å². The molecule has 17 heavy (non-hydrogen) atoms. The molecule has 0 saturated heterocycles. The van der Waals surface area contributed by atoms with E-state index in [0.29, 0.717) is 6.04 Å². The van der Waals surface area contributed by atoms with Gasteiger partial charge in [0.15, 0.2) is 0 Å². The van der Waals surface area contributed by atoms with Crippen molar-refractivity contribution in [2.24, 2.45) is 11.8 Å². The van der Waals surface area contributed by atoms with Crippen LogP contribution in [0.1, 0.15) is 51.1 Å². The first-order chi connectivity index (χ1) is 8.15. The van der Waals surface area contributed by atoms with Gasteiger partial charge in [-0.15, -0.1) is 0 Å². The molecule has 0 aliphatic heterocycles. The van der Waals surface area contributed by atoms with Gasteiger partial charge in [0, 0.05) is 6.04 Å². The van der Waals surface area contributed by atoms with Crippen LogP contribution in [-0.2, 0) is 6.54 Å². The fourth-order valence-electron chi connectivity index (χ4n) is 2.82. The molecule has 1 saturated carbocycles. The normalized spacial score (nSPS) is 25.4. The first kappa shape index (κ1) is 12.7. The van der Waals surface area contributed by atoms with Crippen molar-refractivity contribution in [2.75, 3.05) is 0 Å². The molecule has 0 spiro atoms. The number of rotatable bonds is 4. The smallest absolute Gasteiger partial charge is 0.117 e. The highest BCUT2D eigenvalue weighted by Crippen LogP contribution is 2.29. The van der Waals surface area contributed by atoms with E-state index in [9.17, 15) is 0 Å². The average Bonchev–Trinajstić information content (AvgIpc) is 2.73. The summed E-state index contributed by atoms with van der Waals surface area (Å²) in [6.45, 7) is 7.58. The van der Waals surface area contributed by atoms with Gasteiger partial charge in [-0.3, -0.25) is 0 Å². The molecule has 0 unspecified atom stereocenters. The second-order valence-electron chi connectivity index (χ2n) is 5.75. The Balaban J connectivity index is 1.71. The molecule has 2 heteroatoms. The van der Waals surface area contributed by atoms with Crippen LogP contribution in [-0.4, -0.2) is 6.04 Å². The lowest BCUT2D eigenvalue weighted by Gasteiger charge is -2.31. The maximum absolute atomic E-state index is 5.57. The molecule has 0 atom stereocenters. The molecule has 1 heterocycles. The highest BCUT2D eigenvalue weighted by molar-refractivity contribution is 5.05. The predicted octanol–water partition coefficient (Wildman–Crippen LogP) is 3.89. The van der Waals surface area contributed by atoms with Crippen molar-refractivity contribution in [3.05, 3.63) is 23.7 Å². The molecule has 1 N–H and O–H groups in total. The Labute approximate surface area is 105 Å². The highest BCUT2D eigenvalue weighted by atomic mass is 16.3. The monoisotopic (exact) mass is 235 g/mol. The van der Waals surface area contributed by atoms with Gasteiger partial charge < -0.3 is 9.73 Å². The summed E-state index contributed by atoms with van der Waals surface area (Å²) in [6, 6.07) is 4.80. The van der Waals surface area contributed by atoms with Gasteiger partial charge in [0.25, 0.3) is 0 Å². The number of hydrogen-bond donors (Lipinski definition) is 1. The fraction of sp³-hybridized carbons (Fsp3) is 0.733. The van der Waals surface area contributed by atoms with E-state index < -0.39 is 0 Å². The molecule has 1 fully saturated rings. The van der Waals surface area contributed by atoms with Gasteiger partial charge in [0.2, 0.25) is 0 Å². The Bertz CT molecular complexity index is 334. The molecule has 0 amide bonds. The molecule has 1 aromatic heterocycles. The molecular weight excluding hydrogens is 210 g/mol. The lowest BCUT2D eigenvalue weighted by molar-refractivity contribution is 0.235. The van der Waals surface area contributed by atoms with E-state index in [2.05, 4.69) is 25.2 Å². The van der Waals surface area contributed by atoms with E-state index in [-0.39, 0.29) is 0 Å². The van der Waals surface area contributed by atoms with E-state index in [1.54, 1.807) is 0 Å². The van der Waals surface area contributed by atoms with Gasteiger partial charge in [-0.25, -0.2) is 0 Å². The van der Waals surface area contributed by atoms with Crippen LogP contribution in [0.15, 0.2) is 16.5 Å². The van der Waals surface area contributed by atoms with Crippen molar-refractivity contribution in [1.29, 1.82) is 0 Å². The molecule has 1 aliphatic carbocycles. The van der Waals surface area contributed by atoms with Gasteiger partial charge >= 0.3 is 0 Å². The van der Waals surface area contributed by atoms with Crippen LogP contribution in [0.25, 0.3) is 0 Å². The summed E-state index contributed by atoms with van der Waals surface area (Å²) in [4.78, 5) is 0. The van der Waals surface area contributed by atoms with Crippen LogP contribution in [0.2, 0.25) is 0 Å². The molecule has 0 radical (unpaired) electrons. The molecule has 1 aliphatic rings. The van der Waals surface area contributed by atoms with Crippen molar-refractivity contribution in [2.45, 2.75) is 59.0 Å². The number of aryl methyl sites for hydroxylation is 1. The molecule has 0 aromatic carbocycles. The zero-order chi connectivity index (χ0) is 12.3. The van der Waals surface area contributed by atoms with Crippen LogP contribution in [0.3, 0.4) is 0 Å². The summed E-state index contributed by atoms with van der Waals surface area (Å²) in [7, 11) is 0. The van der Waals surface area contributed by atoms with Crippen molar-refractivity contribution < 1.29 is 4.42 Å². The quantitative estimate of drug-likeness (QED) is 0.856. The second kappa shape index (κ2) is 5.72. The van der Waals surface area contributed by atoms with Crippen LogP contribution < -0.4 is 5.32 Å². The third-order valence-corrected chi connectivity index (χ3v) is 4.08. The second-order valence-corrected chi connectivity index (χ2v) is 5.75. The Morgan fingerprint density at radius 3 is 2.47 bits per heavy atom. The van der Waals surface area contributed by atoms with Crippen molar-refractivity contribution >= 4 is 0 Å². The van der Waals surface area contributed by atoms with Crippen LogP contribution in [0.5, 0.6) is 0 Å². The lowest BCUT2D eigenvalue weighted by atomic mass is 9.80. The molecule has 96 valence electrons. The molecule has 1 aromatic rings. The van der Waals surface area contributed by atoms with E-state index in [1.165, 1.54) is 25.7 Å². The van der Waals surface area contributed by atoms with E-state index >= 15 is 0 Å². The summed E-state index contributed by atoms with van der Waals surface area (Å²) in [5.41, 5.74) is 0. The zero-order valence-electron chi connectivity index (χ0n) is 11.3. The molecule has 0 bridgehead atoms. The minimum absolute atomic E-state index is 0.690. The summed E-state index contributed by atoms with van der Waals surface area (Å²) >= 11 is 0.